The average molecular weight is 532 g/mol. The standard InChI is InChI=1S/C23H41N5O.HI/c1-18-19(2)29-22(27-18)17-28-14-11-21(12-15-28)16-26-23(24-3)25-13-7-6-10-20-8-4-5-9-20;/h20-21H,4-17H2,1-3H3,(H2,24,25,26);1H. The van der Waals surface area contributed by atoms with Gasteiger partial charge >= 0.3 is 0 Å². The van der Waals surface area contributed by atoms with Crippen LogP contribution in [0, 0.1) is 25.7 Å². The predicted molar refractivity (Wildman–Crippen MR) is 135 cm³/mol. The Morgan fingerprint density at radius 3 is 2.43 bits per heavy atom. The van der Waals surface area contributed by atoms with E-state index in [0.29, 0.717) is 5.92 Å². The first-order valence-corrected chi connectivity index (χ1v) is 11.7. The third-order valence-electron chi connectivity index (χ3n) is 6.73. The van der Waals surface area contributed by atoms with Gasteiger partial charge in [0, 0.05) is 20.1 Å². The number of nitrogens with zero attached hydrogens (tertiary/aromatic N) is 3. The van der Waals surface area contributed by atoms with Gasteiger partial charge in [0.2, 0.25) is 5.89 Å². The smallest absolute Gasteiger partial charge is 0.208 e. The second kappa shape index (κ2) is 13.6. The number of aryl methyl sites for hydroxylation is 2. The van der Waals surface area contributed by atoms with Crippen LogP contribution in [-0.2, 0) is 6.54 Å². The third kappa shape index (κ3) is 8.36. The third-order valence-corrected chi connectivity index (χ3v) is 6.73. The number of aromatic nitrogens is 1. The maximum Gasteiger partial charge on any atom is 0.208 e. The minimum atomic E-state index is 0. The Labute approximate surface area is 200 Å². The fourth-order valence-electron chi connectivity index (χ4n) is 4.67. The van der Waals surface area contributed by atoms with E-state index in [2.05, 4.69) is 25.5 Å². The molecule has 1 saturated carbocycles. The number of aliphatic imine (C=N–C) groups is 1. The lowest BCUT2D eigenvalue weighted by Crippen LogP contribution is -2.43. The summed E-state index contributed by atoms with van der Waals surface area (Å²) in [6.07, 6.45) is 12.3. The Balaban J connectivity index is 0.00000320. The van der Waals surface area contributed by atoms with Crippen LogP contribution in [0.15, 0.2) is 9.41 Å². The zero-order valence-corrected chi connectivity index (χ0v) is 21.5. The molecule has 1 aromatic rings. The average Bonchev–Trinajstić information content (AvgIpc) is 3.35. The molecule has 1 aromatic heterocycles. The molecule has 0 aromatic carbocycles. The molecule has 172 valence electrons. The number of unbranched alkanes of at least 4 members (excludes halogenated alkanes) is 1. The number of rotatable bonds is 9. The largest absolute Gasteiger partial charge is 0.444 e. The first-order valence-electron chi connectivity index (χ1n) is 11.7. The zero-order chi connectivity index (χ0) is 20.5. The Kier molecular flexibility index (Phi) is 11.5. The zero-order valence-electron chi connectivity index (χ0n) is 19.2. The number of piperidine rings is 1. The lowest BCUT2D eigenvalue weighted by Gasteiger charge is -2.31. The Bertz CT molecular complexity index is 614. The van der Waals surface area contributed by atoms with Crippen molar-refractivity contribution in [2.45, 2.75) is 78.2 Å². The summed E-state index contributed by atoms with van der Waals surface area (Å²) >= 11 is 0. The van der Waals surface area contributed by atoms with Crippen molar-refractivity contribution in [1.29, 1.82) is 0 Å². The van der Waals surface area contributed by atoms with Gasteiger partial charge in [-0.2, -0.15) is 0 Å². The highest BCUT2D eigenvalue weighted by molar-refractivity contribution is 14.0. The fraction of sp³-hybridized carbons (Fsp3) is 0.826. The van der Waals surface area contributed by atoms with Gasteiger partial charge in [0.1, 0.15) is 5.76 Å². The summed E-state index contributed by atoms with van der Waals surface area (Å²) in [7, 11) is 1.87. The normalized spacial score (nSPS) is 19.1. The summed E-state index contributed by atoms with van der Waals surface area (Å²) < 4.78 is 5.73. The van der Waals surface area contributed by atoms with Crippen molar-refractivity contribution in [3.05, 3.63) is 17.3 Å². The van der Waals surface area contributed by atoms with Gasteiger partial charge in [0.05, 0.1) is 12.2 Å². The molecule has 1 saturated heterocycles. The second-order valence-corrected chi connectivity index (χ2v) is 8.99. The molecule has 0 atom stereocenters. The highest BCUT2D eigenvalue weighted by Crippen LogP contribution is 2.28. The minimum Gasteiger partial charge on any atom is -0.444 e. The number of likely N-dealkylation sites (tertiary alicyclic amines) is 1. The second-order valence-electron chi connectivity index (χ2n) is 8.99. The van der Waals surface area contributed by atoms with Crippen molar-refractivity contribution in [3.63, 3.8) is 0 Å². The molecule has 7 heteroatoms. The predicted octanol–water partition coefficient (Wildman–Crippen LogP) is 4.65. The molecule has 0 amide bonds. The fourth-order valence-corrected chi connectivity index (χ4v) is 4.67. The maximum atomic E-state index is 5.73. The molecule has 0 spiro atoms. The number of guanidine groups is 1. The van der Waals surface area contributed by atoms with Crippen molar-refractivity contribution in [1.82, 2.24) is 20.5 Å². The van der Waals surface area contributed by atoms with Crippen LogP contribution in [0.3, 0.4) is 0 Å². The molecule has 1 aliphatic heterocycles. The molecule has 0 radical (unpaired) electrons. The molecule has 3 rings (SSSR count). The van der Waals surface area contributed by atoms with Crippen LogP contribution in [0.5, 0.6) is 0 Å². The Morgan fingerprint density at radius 2 is 1.80 bits per heavy atom. The number of hydrogen-bond acceptors (Lipinski definition) is 4. The lowest BCUT2D eigenvalue weighted by molar-refractivity contribution is 0.164. The van der Waals surface area contributed by atoms with E-state index in [1.54, 1.807) is 0 Å². The first-order chi connectivity index (χ1) is 14.1. The van der Waals surface area contributed by atoms with Gasteiger partial charge in [-0.1, -0.05) is 38.5 Å². The SMILES string of the molecule is CN=C(NCCCCC1CCCC1)NCC1CCN(Cc2nc(C)c(C)o2)CC1.I. The van der Waals surface area contributed by atoms with Crippen LogP contribution in [0.1, 0.15) is 75.1 Å². The van der Waals surface area contributed by atoms with Gasteiger partial charge < -0.3 is 15.1 Å². The highest BCUT2D eigenvalue weighted by atomic mass is 127. The van der Waals surface area contributed by atoms with Crippen molar-refractivity contribution in [2.24, 2.45) is 16.8 Å². The van der Waals surface area contributed by atoms with E-state index >= 15 is 0 Å². The molecule has 2 heterocycles. The number of halogens is 1. The number of oxazole rings is 1. The van der Waals surface area contributed by atoms with Crippen LogP contribution in [0.2, 0.25) is 0 Å². The quantitative estimate of drug-likeness (QED) is 0.210. The monoisotopic (exact) mass is 531 g/mol. The Morgan fingerprint density at radius 1 is 1.07 bits per heavy atom. The van der Waals surface area contributed by atoms with E-state index in [9.17, 15) is 0 Å². The molecular weight excluding hydrogens is 489 g/mol. The summed E-state index contributed by atoms with van der Waals surface area (Å²) in [6.45, 7) is 9.09. The van der Waals surface area contributed by atoms with Gasteiger partial charge in [-0.05, 0) is 58.0 Å². The van der Waals surface area contributed by atoms with E-state index < -0.39 is 0 Å². The molecule has 2 aliphatic rings. The van der Waals surface area contributed by atoms with Gasteiger partial charge in [0.15, 0.2) is 5.96 Å². The van der Waals surface area contributed by atoms with Crippen LogP contribution in [0.25, 0.3) is 0 Å². The maximum absolute atomic E-state index is 5.73. The molecule has 2 fully saturated rings. The summed E-state index contributed by atoms with van der Waals surface area (Å²) in [5.41, 5.74) is 1.01. The van der Waals surface area contributed by atoms with E-state index in [0.717, 1.165) is 61.9 Å². The molecule has 1 aliphatic carbocycles. The number of hydrogen-bond donors (Lipinski definition) is 2. The van der Waals surface area contributed by atoms with E-state index in [1.165, 1.54) is 57.8 Å². The lowest BCUT2D eigenvalue weighted by atomic mass is 9.97. The van der Waals surface area contributed by atoms with Crippen LogP contribution in [0.4, 0.5) is 0 Å². The van der Waals surface area contributed by atoms with Gasteiger partial charge in [-0.3, -0.25) is 9.89 Å². The summed E-state index contributed by atoms with van der Waals surface area (Å²) in [5.74, 6) is 4.47. The van der Waals surface area contributed by atoms with Crippen LogP contribution in [-0.4, -0.2) is 49.1 Å². The number of nitrogens with one attached hydrogen (secondary N) is 2. The van der Waals surface area contributed by atoms with Gasteiger partial charge in [-0.15, -0.1) is 24.0 Å². The van der Waals surface area contributed by atoms with Gasteiger partial charge in [-0.25, -0.2) is 4.98 Å². The molecule has 0 bridgehead atoms. The first kappa shape index (κ1) is 25.4. The van der Waals surface area contributed by atoms with E-state index in [4.69, 9.17) is 4.42 Å². The topological polar surface area (TPSA) is 65.7 Å². The highest BCUT2D eigenvalue weighted by Gasteiger charge is 2.21. The van der Waals surface area contributed by atoms with E-state index in [-0.39, 0.29) is 24.0 Å². The van der Waals surface area contributed by atoms with Crippen molar-refractivity contribution < 1.29 is 4.42 Å². The van der Waals surface area contributed by atoms with Crippen molar-refractivity contribution >= 4 is 29.9 Å². The Hall–Kier alpha value is -0.830. The van der Waals surface area contributed by atoms with Crippen molar-refractivity contribution in [3.8, 4) is 0 Å². The summed E-state index contributed by atoms with van der Waals surface area (Å²) in [6, 6.07) is 0. The van der Waals surface area contributed by atoms with Crippen LogP contribution < -0.4 is 10.6 Å². The summed E-state index contributed by atoms with van der Waals surface area (Å²) in [4.78, 5) is 11.4. The molecular formula is C23H42IN5O. The molecule has 6 nitrogen and oxygen atoms in total. The molecule has 0 unspecified atom stereocenters. The van der Waals surface area contributed by atoms with Crippen LogP contribution >= 0.6 is 24.0 Å². The summed E-state index contributed by atoms with van der Waals surface area (Å²) in [5, 5.41) is 7.03. The van der Waals surface area contributed by atoms with Crippen molar-refractivity contribution in [2.75, 3.05) is 33.2 Å². The van der Waals surface area contributed by atoms with E-state index in [1.807, 2.05) is 20.9 Å². The van der Waals surface area contributed by atoms with Gasteiger partial charge in [0.25, 0.3) is 0 Å². The molecule has 2 N–H and O–H groups in total. The molecule has 30 heavy (non-hydrogen) atoms. The minimum absolute atomic E-state index is 0.